The third-order valence-corrected chi connectivity index (χ3v) is 2.14. The predicted octanol–water partition coefficient (Wildman–Crippen LogP) is 1.73. The smallest absolute Gasteiger partial charge is 0.125 e. The van der Waals surface area contributed by atoms with Gasteiger partial charge in [0.2, 0.25) is 0 Å². The van der Waals surface area contributed by atoms with Crippen LogP contribution in [-0.2, 0) is 4.79 Å². The molecule has 0 saturated carbocycles. The molecule has 78 valence electrons. The van der Waals surface area contributed by atoms with Gasteiger partial charge in [-0.2, -0.15) is 0 Å². The van der Waals surface area contributed by atoms with E-state index in [1.165, 1.54) is 0 Å². The van der Waals surface area contributed by atoms with Crippen LogP contribution < -0.4 is 0 Å². The summed E-state index contributed by atoms with van der Waals surface area (Å²) in [7, 11) is 0. The number of allylic oxidation sites excluding steroid dienone is 3. The van der Waals surface area contributed by atoms with Crippen LogP contribution in [0.1, 0.15) is 12.8 Å². The molecule has 14 heavy (non-hydrogen) atoms. The fraction of sp³-hybridized carbons (Fsp3) is 0.545. The number of hydrogen-bond acceptors (Lipinski definition) is 2. The van der Waals surface area contributed by atoms with E-state index in [2.05, 4.69) is 4.90 Å². The van der Waals surface area contributed by atoms with Crippen LogP contribution >= 0.6 is 0 Å². The van der Waals surface area contributed by atoms with Gasteiger partial charge in [-0.15, -0.1) is 0 Å². The van der Waals surface area contributed by atoms with Crippen molar-refractivity contribution < 1.29 is 9.18 Å². The summed E-state index contributed by atoms with van der Waals surface area (Å²) in [6, 6.07) is 0. The summed E-state index contributed by atoms with van der Waals surface area (Å²) >= 11 is 0. The van der Waals surface area contributed by atoms with E-state index in [9.17, 15) is 9.18 Å². The highest BCUT2D eigenvalue weighted by atomic mass is 19.1. The molecule has 0 aromatic rings. The van der Waals surface area contributed by atoms with E-state index in [1.807, 2.05) is 24.3 Å². The fourth-order valence-electron chi connectivity index (χ4n) is 1.33. The van der Waals surface area contributed by atoms with Gasteiger partial charge in [-0.3, -0.25) is 4.90 Å². The van der Waals surface area contributed by atoms with Gasteiger partial charge in [0.05, 0.1) is 0 Å². The maximum atomic E-state index is 12.4. The van der Waals surface area contributed by atoms with Gasteiger partial charge in [-0.05, 0) is 6.42 Å². The SMILES string of the molecule is O=CC/C=C/C=C\CCN1CC(F)C1. The first-order chi connectivity index (χ1) is 6.83. The molecule has 0 N–H and O–H groups in total. The summed E-state index contributed by atoms with van der Waals surface area (Å²) < 4.78 is 12.4. The van der Waals surface area contributed by atoms with Gasteiger partial charge in [0, 0.05) is 26.1 Å². The van der Waals surface area contributed by atoms with E-state index in [0.29, 0.717) is 19.5 Å². The molecule has 0 atom stereocenters. The van der Waals surface area contributed by atoms with Gasteiger partial charge in [0.15, 0.2) is 0 Å². The normalized spacial score (nSPS) is 19.2. The van der Waals surface area contributed by atoms with E-state index >= 15 is 0 Å². The number of hydrogen-bond donors (Lipinski definition) is 0. The molecule has 1 aliphatic rings. The van der Waals surface area contributed by atoms with Crippen LogP contribution in [0.3, 0.4) is 0 Å². The molecule has 0 amide bonds. The molecule has 1 heterocycles. The monoisotopic (exact) mass is 197 g/mol. The van der Waals surface area contributed by atoms with Crippen molar-refractivity contribution in [3.8, 4) is 0 Å². The first-order valence-electron chi connectivity index (χ1n) is 4.94. The second-order valence-electron chi connectivity index (χ2n) is 3.40. The number of alkyl halides is 1. The third-order valence-electron chi connectivity index (χ3n) is 2.14. The van der Waals surface area contributed by atoms with Crippen molar-refractivity contribution in [3.05, 3.63) is 24.3 Å². The quantitative estimate of drug-likeness (QED) is 0.477. The highest BCUT2D eigenvalue weighted by Gasteiger charge is 2.24. The minimum Gasteiger partial charge on any atom is -0.303 e. The molecular weight excluding hydrogens is 181 g/mol. The van der Waals surface area contributed by atoms with Crippen LogP contribution in [0.4, 0.5) is 4.39 Å². The predicted molar refractivity (Wildman–Crippen MR) is 54.9 cm³/mol. The largest absolute Gasteiger partial charge is 0.303 e. The molecular formula is C11H16FNO. The van der Waals surface area contributed by atoms with Gasteiger partial charge >= 0.3 is 0 Å². The summed E-state index contributed by atoms with van der Waals surface area (Å²) in [5.74, 6) is 0. The van der Waals surface area contributed by atoms with E-state index < -0.39 is 6.17 Å². The standard InChI is InChI=1S/C11H16FNO/c12-11-9-13(10-11)7-5-3-1-2-4-6-8-14/h1-4,8,11H,5-7,9-10H2/b3-1-,4-2+. The average molecular weight is 197 g/mol. The van der Waals surface area contributed by atoms with Crippen molar-refractivity contribution in [3.63, 3.8) is 0 Å². The lowest BCUT2D eigenvalue weighted by molar-refractivity contribution is -0.107. The Morgan fingerprint density at radius 2 is 2.00 bits per heavy atom. The molecule has 0 bridgehead atoms. The van der Waals surface area contributed by atoms with Gasteiger partial charge in [-0.1, -0.05) is 24.3 Å². The van der Waals surface area contributed by atoms with Crippen LogP contribution in [0.2, 0.25) is 0 Å². The van der Waals surface area contributed by atoms with Crippen molar-refractivity contribution >= 4 is 6.29 Å². The Morgan fingerprint density at radius 1 is 1.29 bits per heavy atom. The van der Waals surface area contributed by atoms with Crippen molar-refractivity contribution in [2.75, 3.05) is 19.6 Å². The molecule has 0 radical (unpaired) electrons. The Bertz CT molecular complexity index is 219. The number of likely N-dealkylation sites (tertiary alicyclic amines) is 1. The Labute approximate surface area is 84.1 Å². The second-order valence-corrected chi connectivity index (χ2v) is 3.40. The van der Waals surface area contributed by atoms with E-state index in [0.717, 1.165) is 19.3 Å². The lowest BCUT2D eigenvalue weighted by Crippen LogP contribution is -2.48. The average Bonchev–Trinajstić information content (AvgIpc) is 2.13. The number of carbonyl (C=O) groups is 1. The number of aldehydes is 1. The number of nitrogens with zero attached hydrogens (tertiary/aromatic N) is 1. The molecule has 1 rings (SSSR count). The third kappa shape index (κ3) is 4.33. The van der Waals surface area contributed by atoms with Crippen molar-refractivity contribution in [1.29, 1.82) is 0 Å². The lowest BCUT2D eigenvalue weighted by Gasteiger charge is -2.33. The summed E-state index contributed by atoms with van der Waals surface area (Å²) in [5, 5.41) is 0. The van der Waals surface area contributed by atoms with Gasteiger partial charge < -0.3 is 4.79 Å². The highest BCUT2D eigenvalue weighted by Crippen LogP contribution is 2.10. The maximum absolute atomic E-state index is 12.4. The number of carbonyl (C=O) groups excluding carboxylic acids is 1. The minimum atomic E-state index is -0.605. The number of halogens is 1. The summed E-state index contributed by atoms with van der Waals surface area (Å²) in [4.78, 5) is 12.0. The molecule has 0 unspecified atom stereocenters. The van der Waals surface area contributed by atoms with Gasteiger partial charge in [0.1, 0.15) is 12.5 Å². The molecule has 1 saturated heterocycles. The molecule has 3 heteroatoms. The highest BCUT2D eigenvalue weighted by molar-refractivity contribution is 5.52. The van der Waals surface area contributed by atoms with E-state index in [-0.39, 0.29) is 0 Å². The maximum Gasteiger partial charge on any atom is 0.125 e. The topological polar surface area (TPSA) is 20.3 Å². The van der Waals surface area contributed by atoms with Crippen molar-refractivity contribution in [2.45, 2.75) is 19.0 Å². The van der Waals surface area contributed by atoms with Crippen LogP contribution in [0.5, 0.6) is 0 Å². The van der Waals surface area contributed by atoms with Crippen LogP contribution in [0.15, 0.2) is 24.3 Å². The second kappa shape index (κ2) is 6.49. The van der Waals surface area contributed by atoms with Crippen LogP contribution in [0, 0.1) is 0 Å². The molecule has 2 nitrogen and oxygen atoms in total. The van der Waals surface area contributed by atoms with E-state index in [1.54, 1.807) is 0 Å². The minimum absolute atomic E-state index is 0.472. The molecule has 1 aliphatic heterocycles. The van der Waals surface area contributed by atoms with Gasteiger partial charge in [-0.25, -0.2) is 4.39 Å². The first-order valence-corrected chi connectivity index (χ1v) is 4.94. The Kier molecular flexibility index (Phi) is 5.15. The fourth-order valence-corrected chi connectivity index (χ4v) is 1.33. The summed E-state index contributed by atoms with van der Waals surface area (Å²) in [6.07, 6.45) is 9.31. The zero-order chi connectivity index (χ0) is 10.2. The summed E-state index contributed by atoms with van der Waals surface area (Å²) in [5.41, 5.74) is 0. The zero-order valence-electron chi connectivity index (χ0n) is 8.23. The Hall–Kier alpha value is -0.960. The van der Waals surface area contributed by atoms with Gasteiger partial charge in [0.25, 0.3) is 0 Å². The van der Waals surface area contributed by atoms with Crippen LogP contribution in [-0.4, -0.2) is 37.0 Å². The molecule has 0 aliphatic carbocycles. The van der Waals surface area contributed by atoms with Crippen molar-refractivity contribution in [1.82, 2.24) is 4.90 Å². The Balaban J connectivity index is 1.95. The Morgan fingerprint density at radius 3 is 2.64 bits per heavy atom. The molecule has 1 fully saturated rings. The molecule has 0 spiro atoms. The zero-order valence-corrected chi connectivity index (χ0v) is 8.23. The summed E-state index contributed by atoms with van der Waals surface area (Å²) in [6.45, 7) is 2.11. The number of rotatable bonds is 6. The molecule has 0 aromatic carbocycles. The molecule has 0 aromatic heterocycles. The lowest BCUT2D eigenvalue weighted by atomic mass is 10.2. The van der Waals surface area contributed by atoms with Crippen molar-refractivity contribution in [2.24, 2.45) is 0 Å². The van der Waals surface area contributed by atoms with E-state index in [4.69, 9.17) is 0 Å². The van der Waals surface area contributed by atoms with Crippen LogP contribution in [0.25, 0.3) is 0 Å². The first kappa shape index (κ1) is 11.1.